The first-order valence-corrected chi connectivity index (χ1v) is 9.95. The van der Waals surface area contributed by atoms with Crippen LogP contribution in [-0.2, 0) is 0 Å². The van der Waals surface area contributed by atoms with E-state index in [-0.39, 0.29) is 5.69 Å². The molecule has 3 N–H and O–H groups in total. The Hall–Kier alpha value is -1.84. The number of nitrogens with one attached hydrogen (secondary N) is 1. The number of rotatable bonds is 7. The van der Waals surface area contributed by atoms with Crippen LogP contribution in [0.2, 0.25) is 0 Å². The quantitative estimate of drug-likeness (QED) is 0.683. The van der Waals surface area contributed by atoms with Crippen molar-refractivity contribution in [2.24, 2.45) is 0 Å². The van der Waals surface area contributed by atoms with Gasteiger partial charge in [0.25, 0.3) is 0 Å². The van der Waals surface area contributed by atoms with Gasteiger partial charge in [0, 0.05) is 19.6 Å². The van der Waals surface area contributed by atoms with Crippen molar-refractivity contribution in [3.63, 3.8) is 0 Å². The Morgan fingerprint density at radius 2 is 1.62 bits per heavy atom. The maximum Gasteiger partial charge on any atom is 0.148 e. The van der Waals surface area contributed by atoms with Crippen LogP contribution in [0.15, 0.2) is 48.5 Å². The van der Waals surface area contributed by atoms with Crippen molar-refractivity contribution in [2.75, 3.05) is 48.9 Å². The number of hydrogen-bond donors (Lipinski definition) is 3. The molecular formula is C18H25FN4O2S. The van der Waals surface area contributed by atoms with Gasteiger partial charge in [-0.1, -0.05) is 24.3 Å². The van der Waals surface area contributed by atoms with Gasteiger partial charge in [0.05, 0.1) is 17.9 Å². The SMILES string of the molecule is CNCCN(C)CCN1c2ccccc2N(c2ccccc2F)S1(O)O. The Morgan fingerprint density at radius 3 is 2.27 bits per heavy atom. The summed E-state index contributed by atoms with van der Waals surface area (Å²) in [6, 6.07) is 13.4. The van der Waals surface area contributed by atoms with Crippen LogP contribution < -0.4 is 13.9 Å². The molecule has 0 saturated carbocycles. The van der Waals surface area contributed by atoms with E-state index in [4.69, 9.17) is 0 Å². The summed E-state index contributed by atoms with van der Waals surface area (Å²) >= 11 is 0. The number of fused-ring (bicyclic) bond motifs is 1. The van der Waals surface area contributed by atoms with Crippen LogP contribution in [0, 0.1) is 5.82 Å². The van der Waals surface area contributed by atoms with Gasteiger partial charge in [-0.05, 0) is 49.3 Å². The molecule has 0 atom stereocenters. The molecule has 3 rings (SSSR count). The molecule has 0 radical (unpaired) electrons. The Morgan fingerprint density at radius 1 is 1.00 bits per heavy atom. The molecule has 0 fully saturated rings. The van der Waals surface area contributed by atoms with Crippen molar-refractivity contribution < 1.29 is 13.5 Å². The summed E-state index contributed by atoms with van der Waals surface area (Å²) in [7, 11) is 0.488. The molecule has 0 bridgehead atoms. The standard InChI is InChI=1S/C18H25FN4O2S/c1-20-11-12-21(2)13-14-22-17-9-5-6-10-18(17)23(26(22,24)25)16-8-4-3-7-15(16)19/h3-10,20,24-25H,11-14H2,1-2H3. The molecule has 8 heteroatoms. The van der Waals surface area contributed by atoms with E-state index < -0.39 is 16.8 Å². The van der Waals surface area contributed by atoms with E-state index in [2.05, 4.69) is 10.2 Å². The highest BCUT2D eigenvalue weighted by Gasteiger charge is 2.42. The average molecular weight is 380 g/mol. The third-order valence-electron chi connectivity index (χ3n) is 4.41. The first-order valence-electron chi connectivity index (χ1n) is 8.49. The minimum atomic E-state index is -3.39. The Balaban J connectivity index is 1.91. The number of nitrogens with zero attached hydrogens (tertiary/aromatic N) is 3. The minimum absolute atomic E-state index is 0.158. The second kappa shape index (κ2) is 7.81. The van der Waals surface area contributed by atoms with Crippen LogP contribution in [0.25, 0.3) is 0 Å². The molecule has 0 unspecified atom stereocenters. The lowest BCUT2D eigenvalue weighted by Crippen LogP contribution is -2.38. The maximum atomic E-state index is 14.4. The van der Waals surface area contributed by atoms with Crippen molar-refractivity contribution in [1.29, 1.82) is 0 Å². The molecule has 0 saturated heterocycles. The predicted molar refractivity (Wildman–Crippen MR) is 107 cm³/mol. The number of benzene rings is 2. The topological polar surface area (TPSA) is 62.2 Å². The second-order valence-electron chi connectivity index (χ2n) is 6.23. The van der Waals surface area contributed by atoms with Crippen molar-refractivity contribution in [2.45, 2.75) is 0 Å². The zero-order chi connectivity index (χ0) is 18.7. The van der Waals surface area contributed by atoms with E-state index in [0.29, 0.717) is 24.5 Å². The highest BCUT2D eigenvalue weighted by Crippen LogP contribution is 2.64. The second-order valence-corrected chi connectivity index (χ2v) is 8.02. The molecule has 1 aliphatic rings. The zero-order valence-electron chi connectivity index (χ0n) is 15.0. The maximum absolute atomic E-state index is 14.4. The van der Waals surface area contributed by atoms with E-state index >= 15 is 0 Å². The summed E-state index contributed by atoms with van der Waals surface area (Å²) in [5.41, 5.74) is 1.44. The third-order valence-corrected chi connectivity index (χ3v) is 6.26. The Kier molecular flexibility index (Phi) is 5.69. The van der Waals surface area contributed by atoms with Crippen LogP contribution in [0.5, 0.6) is 0 Å². The summed E-state index contributed by atoms with van der Waals surface area (Å²) in [6.45, 7) is 2.77. The molecule has 0 aliphatic carbocycles. The van der Waals surface area contributed by atoms with Gasteiger partial charge < -0.3 is 10.2 Å². The van der Waals surface area contributed by atoms with Crippen molar-refractivity contribution >= 4 is 28.0 Å². The lowest BCUT2D eigenvalue weighted by Gasteiger charge is -2.44. The van der Waals surface area contributed by atoms with Gasteiger partial charge in [-0.3, -0.25) is 13.4 Å². The molecule has 1 aliphatic heterocycles. The molecule has 26 heavy (non-hydrogen) atoms. The summed E-state index contributed by atoms with van der Waals surface area (Å²) in [5, 5.41) is 3.09. The van der Waals surface area contributed by atoms with Crippen molar-refractivity contribution in [3.05, 3.63) is 54.3 Å². The lowest BCUT2D eigenvalue weighted by molar-refractivity contribution is 0.343. The largest absolute Gasteiger partial charge is 0.318 e. The molecular weight excluding hydrogens is 355 g/mol. The molecule has 0 aromatic heterocycles. The van der Waals surface area contributed by atoms with Gasteiger partial charge >= 0.3 is 0 Å². The lowest BCUT2D eigenvalue weighted by atomic mass is 10.2. The highest BCUT2D eigenvalue weighted by molar-refractivity contribution is 8.27. The van der Waals surface area contributed by atoms with E-state index in [1.165, 1.54) is 10.4 Å². The van der Waals surface area contributed by atoms with Gasteiger partial charge in [-0.25, -0.2) is 8.70 Å². The summed E-state index contributed by atoms with van der Waals surface area (Å²) in [5.74, 6) is -0.490. The van der Waals surface area contributed by atoms with Crippen molar-refractivity contribution in [3.8, 4) is 0 Å². The molecule has 1 heterocycles. The monoisotopic (exact) mass is 380 g/mol. The van der Waals surface area contributed by atoms with Gasteiger partial charge in [0.15, 0.2) is 0 Å². The summed E-state index contributed by atoms with van der Waals surface area (Å²) < 4.78 is 39.3. The van der Waals surface area contributed by atoms with Crippen LogP contribution in [0.4, 0.5) is 21.5 Å². The number of halogens is 1. The fourth-order valence-electron chi connectivity index (χ4n) is 3.01. The van der Waals surface area contributed by atoms with Crippen LogP contribution in [-0.4, -0.2) is 54.3 Å². The molecule has 0 amide bonds. The third kappa shape index (κ3) is 3.51. The summed E-state index contributed by atoms with van der Waals surface area (Å²) in [4.78, 5) is 2.11. The number of para-hydroxylation sites is 3. The number of hydrogen-bond acceptors (Lipinski definition) is 6. The van der Waals surface area contributed by atoms with Gasteiger partial charge in [-0.15, -0.1) is 0 Å². The smallest absolute Gasteiger partial charge is 0.148 e. The number of anilines is 3. The molecule has 142 valence electrons. The first kappa shape index (κ1) is 18.9. The Bertz CT molecular complexity index is 761. The van der Waals surface area contributed by atoms with Crippen LogP contribution in [0.3, 0.4) is 0 Å². The van der Waals surface area contributed by atoms with Crippen LogP contribution >= 0.6 is 11.0 Å². The van der Waals surface area contributed by atoms with E-state index in [9.17, 15) is 13.5 Å². The molecule has 2 aromatic carbocycles. The van der Waals surface area contributed by atoms with Gasteiger partial charge in [-0.2, -0.15) is 0 Å². The van der Waals surface area contributed by atoms with E-state index in [1.807, 2.05) is 32.3 Å². The van der Waals surface area contributed by atoms with E-state index in [0.717, 1.165) is 13.1 Å². The van der Waals surface area contributed by atoms with Crippen LogP contribution in [0.1, 0.15) is 0 Å². The van der Waals surface area contributed by atoms with Crippen molar-refractivity contribution in [1.82, 2.24) is 10.2 Å². The Labute approximate surface area is 155 Å². The molecule has 6 nitrogen and oxygen atoms in total. The number of likely N-dealkylation sites (N-methyl/N-ethyl adjacent to an activating group) is 2. The minimum Gasteiger partial charge on any atom is -0.318 e. The fraction of sp³-hybridized carbons (Fsp3) is 0.333. The molecule has 0 spiro atoms. The van der Waals surface area contributed by atoms with Gasteiger partial charge in [0.2, 0.25) is 0 Å². The summed E-state index contributed by atoms with van der Waals surface area (Å²) in [6.07, 6.45) is 0. The normalized spacial score (nSPS) is 16.8. The highest BCUT2D eigenvalue weighted by atomic mass is 32.3. The first-order chi connectivity index (χ1) is 12.5. The van der Waals surface area contributed by atoms with E-state index in [1.54, 1.807) is 28.6 Å². The zero-order valence-corrected chi connectivity index (χ0v) is 15.8. The molecule has 2 aromatic rings. The fourth-order valence-corrected chi connectivity index (χ4v) is 4.78. The average Bonchev–Trinajstić information content (AvgIpc) is 2.85. The predicted octanol–water partition coefficient (Wildman–Crippen LogP) is 3.52. The van der Waals surface area contributed by atoms with Gasteiger partial charge in [0.1, 0.15) is 11.5 Å².